The van der Waals surface area contributed by atoms with Gasteiger partial charge >= 0.3 is 0 Å². The van der Waals surface area contributed by atoms with Crippen molar-refractivity contribution < 1.29 is 0 Å². The fraction of sp³-hybridized carbons (Fsp3) is 0. The van der Waals surface area contributed by atoms with Crippen molar-refractivity contribution in [1.29, 1.82) is 0 Å². The summed E-state index contributed by atoms with van der Waals surface area (Å²) in [5.41, 5.74) is 16.2. The van der Waals surface area contributed by atoms with Crippen LogP contribution >= 0.6 is 0 Å². The molecule has 0 radical (unpaired) electrons. The zero-order valence-corrected chi connectivity index (χ0v) is 18.4. The lowest BCUT2D eigenvalue weighted by Crippen LogP contribution is -1.97. The van der Waals surface area contributed by atoms with Gasteiger partial charge in [-0.2, -0.15) is 0 Å². The van der Waals surface area contributed by atoms with Crippen LogP contribution in [0.25, 0.3) is 22.3 Å². The van der Waals surface area contributed by atoms with Crippen molar-refractivity contribution in [3.05, 3.63) is 162 Å². The van der Waals surface area contributed by atoms with Gasteiger partial charge in [0.15, 0.2) is 0 Å². The normalized spacial score (nSPS) is 10.5. The Labute approximate surface area is 195 Å². The zero-order chi connectivity index (χ0) is 22.5. The molecule has 0 heterocycles. The van der Waals surface area contributed by atoms with Crippen molar-refractivity contribution in [3.8, 4) is 11.1 Å². The molecule has 0 saturated carbocycles. The number of hydrogen-bond acceptors (Lipinski definition) is 1. The topological polar surface area (TPSA) is 26.0 Å². The molecule has 0 aliphatic rings. The fourth-order valence-electron chi connectivity index (χ4n) is 4.23. The minimum atomic E-state index is 0.778. The molecule has 0 bridgehead atoms. The van der Waals surface area contributed by atoms with E-state index in [2.05, 4.69) is 127 Å². The van der Waals surface area contributed by atoms with Crippen molar-refractivity contribution >= 4 is 16.8 Å². The summed E-state index contributed by atoms with van der Waals surface area (Å²) in [5, 5.41) is 0. The molecule has 2 N–H and O–H groups in total. The Hall–Kier alpha value is -4.36. The van der Waals surface area contributed by atoms with Gasteiger partial charge in [-0.25, -0.2) is 0 Å². The third kappa shape index (κ3) is 4.49. The van der Waals surface area contributed by atoms with E-state index in [0.29, 0.717) is 0 Å². The highest BCUT2D eigenvalue weighted by Gasteiger charge is 2.16. The van der Waals surface area contributed by atoms with E-state index in [1.807, 2.05) is 12.1 Å². The molecule has 0 saturated heterocycles. The molecule has 33 heavy (non-hydrogen) atoms. The maximum absolute atomic E-state index is 5.87. The Morgan fingerprint density at radius 1 is 0.333 bits per heavy atom. The summed E-state index contributed by atoms with van der Waals surface area (Å²) in [5.74, 6) is 0. The summed E-state index contributed by atoms with van der Waals surface area (Å²) >= 11 is 0. The maximum atomic E-state index is 5.87. The number of anilines is 1. The Bertz CT molecular complexity index is 1310. The largest absolute Gasteiger partial charge is 0.399 e. The van der Waals surface area contributed by atoms with E-state index in [-0.39, 0.29) is 0 Å². The van der Waals surface area contributed by atoms with Crippen molar-refractivity contribution in [2.45, 2.75) is 0 Å². The third-order valence-electron chi connectivity index (χ3n) is 5.85. The Morgan fingerprint density at radius 2 is 0.636 bits per heavy atom. The SMILES string of the molecule is Nc1ccc(-c2ccc(C(=C(c3ccccc3)c3ccccc3)c3ccccc3)cc2)cc1. The number of hydrogen-bond donors (Lipinski definition) is 1. The second-order valence-corrected chi connectivity index (χ2v) is 8.05. The van der Waals surface area contributed by atoms with E-state index >= 15 is 0 Å². The van der Waals surface area contributed by atoms with E-state index in [1.165, 1.54) is 39.0 Å². The Morgan fingerprint density at radius 3 is 1.00 bits per heavy atom. The maximum Gasteiger partial charge on any atom is 0.0314 e. The van der Waals surface area contributed by atoms with Gasteiger partial charge in [0.2, 0.25) is 0 Å². The number of nitrogen functional groups attached to an aromatic ring is 1. The molecule has 158 valence electrons. The van der Waals surface area contributed by atoms with E-state index in [4.69, 9.17) is 5.73 Å². The minimum Gasteiger partial charge on any atom is -0.399 e. The predicted octanol–water partition coefficient (Wildman–Crippen LogP) is 7.94. The fourth-order valence-corrected chi connectivity index (χ4v) is 4.23. The van der Waals surface area contributed by atoms with E-state index in [0.717, 1.165) is 11.3 Å². The van der Waals surface area contributed by atoms with Crippen molar-refractivity contribution in [2.24, 2.45) is 0 Å². The first-order valence-corrected chi connectivity index (χ1v) is 11.2. The average molecular weight is 424 g/mol. The van der Waals surface area contributed by atoms with Crippen molar-refractivity contribution in [2.75, 3.05) is 5.73 Å². The lowest BCUT2D eigenvalue weighted by atomic mass is 9.85. The molecule has 0 unspecified atom stereocenters. The van der Waals surface area contributed by atoms with Gasteiger partial charge in [0.25, 0.3) is 0 Å². The summed E-state index contributed by atoms with van der Waals surface area (Å²) < 4.78 is 0. The highest BCUT2D eigenvalue weighted by Crippen LogP contribution is 2.37. The van der Waals surface area contributed by atoms with Crippen LogP contribution < -0.4 is 5.73 Å². The number of rotatable bonds is 5. The van der Waals surface area contributed by atoms with Crippen LogP contribution in [0.1, 0.15) is 22.3 Å². The quantitative estimate of drug-likeness (QED) is 0.225. The van der Waals surface area contributed by atoms with Crippen LogP contribution in [0.4, 0.5) is 5.69 Å². The predicted molar refractivity (Wildman–Crippen MR) is 141 cm³/mol. The van der Waals surface area contributed by atoms with Crippen LogP contribution in [0.2, 0.25) is 0 Å². The second kappa shape index (κ2) is 9.42. The Balaban J connectivity index is 1.73. The van der Waals surface area contributed by atoms with Crippen LogP contribution in [-0.4, -0.2) is 0 Å². The van der Waals surface area contributed by atoms with Crippen molar-refractivity contribution in [1.82, 2.24) is 0 Å². The van der Waals surface area contributed by atoms with Crippen LogP contribution in [0.3, 0.4) is 0 Å². The zero-order valence-electron chi connectivity index (χ0n) is 18.4. The van der Waals surface area contributed by atoms with Crippen LogP contribution in [0, 0.1) is 0 Å². The monoisotopic (exact) mass is 423 g/mol. The number of nitrogens with two attached hydrogens (primary N) is 1. The van der Waals surface area contributed by atoms with Crippen molar-refractivity contribution in [3.63, 3.8) is 0 Å². The molecule has 0 aromatic heterocycles. The summed E-state index contributed by atoms with van der Waals surface area (Å²) in [7, 11) is 0. The molecule has 0 aliphatic carbocycles. The smallest absolute Gasteiger partial charge is 0.0314 e. The molecule has 0 aliphatic heterocycles. The standard InChI is InChI=1S/C32H25N/c33-30-22-20-25(21-23-30)24-16-18-29(19-17-24)32(28-14-8-3-9-15-28)31(26-10-4-1-5-11-26)27-12-6-2-7-13-27/h1-23H,33H2. The molecule has 5 rings (SSSR count). The average Bonchev–Trinajstić information content (AvgIpc) is 2.89. The summed E-state index contributed by atoms with van der Waals surface area (Å²) in [4.78, 5) is 0. The molecule has 0 atom stereocenters. The first kappa shape index (κ1) is 20.5. The highest BCUT2D eigenvalue weighted by molar-refractivity contribution is 6.04. The molecule has 0 amide bonds. The summed E-state index contributed by atoms with van der Waals surface area (Å²) in [6.45, 7) is 0. The van der Waals surface area contributed by atoms with Crippen LogP contribution in [0.15, 0.2) is 140 Å². The van der Waals surface area contributed by atoms with Crippen LogP contribution in [0.5, 0.6) is 0 Å². The molecule has 5 aromatic carbocycles. The van der Waals surface area contributed by atoms with Crippen LogP contribution in [-0.2, 0) is 0 Å². The molecular formula is C32H25N. The third-order valence-corrected chi connectivity index (χ3v) is 5.85. The van der Waals surface area contributed by atoms with E-state index in [1.54, 1.807) is 0 Å². The molecule has 1 heteroatoms. The van der Waals surface area contributed by atoms with Gasteiger partial charge in [-0.05, 0) is 56.7 Å². The van der Waals surface area contributed by atoms with Gasteiger partial charge in [-0.15, -0.1) is 0 Å². The number of benzene rings is 5. The molecule has 5 aromatic rings. The van der Waals surface area contributed by atoms with E-state index < -0.39 is 0 Å². The van der Waals surface area contributed by atoms with E-state index in [9.17, 15) is 0 Å². The summed E-state index contributed by atoms with van der Waals surface area (Å²) in [6, 6.07) is 48.8. The lowest BCUT2D eigenvalue weighted by molar-refractivity contribution is 1.50. The second-order valence-electron chi connectivity index (χ2n) is 8.05. The van der Waals surface area contributed by atoms with Gasteiger partial charge in [-0.1, -0.05) is 127 Å². The highest BCUT2D eigenvalue weighted by atomic mass is 14.5. The van der Waals surface area contributed by atoms with Gasteiger partial charge in [0, 0.05) is 5.69 Å². The van der Waals surface area contributed by atoms with Gasteiger partial charge in [0.05, 0.1) is 0 Å². The van der Waals surface area contributed by atoms with Gasteiger partial charge < -0.3 is 5.73 Å². The van der Waals surface area contributed by atoms with Gasteiger partial charge in [-0.3, -0.25) is 0 Å². The first-order chi connectivity index (χ1) is 16.3. The molecule has 0 fully saturated rings. The first-order valence-electron chi connectivity index (χ1n) is 11.2. The minimum absolute atomic E-state index is 0.778. The lowest BCUT2D eigenvalue weighted by Gasteiger charge is -2.18. The molecular weight excluding hydrogens is 398 g/mol. The summed E-state index contributed by atoms with van der Waals surface area (Å²) in [6.07, 6.45) is 0. The molecule has 0 spiro atoms. The molecule has 1 nitrogen and oxygen atoms in total. The van der Waals surface area contributed by atoms with Gasteiger partial charge in [0.1, 0.15) is 0 Å². The Kier molecular flexibility index (Phi) is 5.86.